The molecule has 0 aromatic carbocycles. The molecule has 6 nitrogen and oxygen atoms in total. The molecule has 0 bridgehead atoms. The van der Waals surface area contributed by atoms with Gasteiger partial charge in [-0.2, -0.15) is 0 Å². The largest absolute Gasteiger partial charge is 0.477 e. The molecule has 1 amide bonds. The molecule has 2 aromatic heterocycles. The van der Waals surface area contributed by atoms with E-state index in [1.165, 1.54) is 18.5 Å². The Bertz CT molecular complexity index is 614. The number of halogens is 1. The zero-order valence-electron chi connectivity index (χ0n) is 8.75. The first-order valence-electron chi connectivity index (χ1n) is 4.67. The monoisotopic (exact) mass is 283 g/mol. The van der Waals surface area contributed by atoms with E-state index in [4.69, 9.17) is 16.7 Å². The molecule has 92 valence electrons. The van der Waals surface area contributed by atoms with Gasteiger partial charge in [-0.3, -0.25) is 9.78 Å². The highest BCUT2D eigenvalue weighted by Crippen LogP contribution is 2.22. The standard InChI is InChI=1S/C10H6ClN3O3S/c11-7-4-12-3-6(13-7)9(15)14-5-1-2-18-8(5)10(16)17/h1-4H,(H,14,15)(H,16,17). The van der Waals surface area contributed by atoms with Gasteiger partial charge in [-0.15, -0.1) is 11.3 Å². The molecule has 0 aliphatic carbocycles. The molecule has 8 heteroatoms. The maximum Gasteiger partial charge on any atom is 0.348 e. The van der Waals surface area contributed by atoms with Gasteiger partial charge in [-0.25, -0.2) is 9.78 Å². The quantitative estimate of drug-likeness (QED) is 0.900. The topological polar surface area (TPSA) is 92.2 Å². The van der Waals surface area contributed by atoms with Gasteiger partial charge in [0.15, 0.2) is 0 Å². The number of carbonyl (C=O) groups is 2. The van der Waals surface area contributed by atoms with Crippen LogP contribution in [0.15, 0.2) is 23.8 Å². The summed E-state index contributed by atoms with van der Waals surface area (Å²) in [5.41, 5.74) is 0.240. The average Bonchev–Trinajstić information content (AvgIpc) is 2.77. The number of carboxylic acids is 1. The SMILES string of the molecule is O=C(Nc1ccsc1C(=O)O)c1cncc(Cl)n1. The van der Waals surface area contributed by atoms with E-state index in [1.54, 1.807) is 5.38 Å². The van der Waals surface area contributed by atoms with E-state index in [-0.39, 0.29) is 21.4 Å². The van der Waals surface area contributed by atoms with Crippen LogP contribution in [0.5, 0.6) is 0 Å². The molecule has 0 aliphatic heterocycles. The second kappa shape index (κ2) is 5.11. The first-order chi connectivity index (χ1) is 8.58. The van der Waals surface area contributed by atoms with Crippen LogP contribution in [0.3, 0.4) is 0 Å². The molecule has 0 saturated carbocycles. The lowest BCUT2D eigenvalue weighted by molar-refractivity contribution is 0.0703. The number of aromatic carboxylic acids is 1. The predicted molar refractivity (Wildman–Crippen MR) is 66.3 cm³/mol. The Hall–Kier alpha value is -1.99. The summed E-state index contributed by atoms with van der Waals surface area (Å²) in [5.74, 6) is -1.66. The molecule has 0 aliphatic rings. The first-order valence-corrected chi connectivity index (χ1v) is 5.93. The summed E-state index contributed by atoms with van der Waals surface area (Å²) in [4.78, 5) is 30.2. The van der Waals surface area contributed by atoms with Gasteiger partial charge in [0.25, 0.3) is 5.91 Å². The molecule has 2 rings (SSSR count). The average molecular weight is 284 g/mol. The van der Waals surface area contributed by atoms with E-state index in [9.17, 15) is 9.59 Å². The van der Waals surface area contributed by atoms with Gasteiger partial charge in [0.2, 0.25) is 0 Å². The number of thiophene rings is 1. The van der Waals surface area contributed by atoms with Gasteiger partial charge in [0.05, 0.1) is 18.1 Å². The maximum atomic E-state index is 11.8. The minimum Gasteiger partial charge on any atom is -0.477 e. The summed E-state index contributed by atoms with van der Waals surface area (Å²) in [7, 11) is 0. The van der Waals surface area contributed by atoms with Crippen molar-refractivity contribution in [3.8, 4) is 0 Å². The van der Waals surface area contributed by atoms with Crippen molar-refractivity contribution in [3.05, 3.63) is 39.6 Å². The highest BCUT2D eigenvalue weighted by Gasteiger charge is 2.15. The normalized spacial score (nSPS) is 10.1. The number of hydrogen-bond donors (Lipinski definition) is 2. The van der Waals surface area contributed by atoms with E-state index in [2.05, 4.69) is 15.3 Å². The highest BCUT2D eigenvalue weighted by molar-refractivity contribution is 7.12. The molecule has 2 N–H and O–H groups in total. The van der Waals surface area contributed by atoms with Crippen molar-refractivity contribution in [1.29, 1.82) is 0 Å². The van der Waals surface area contributed by atoms with Crippen molar-refractivity contribution in [2.45, 2.75) is 0 Å². The number of nitrogens with one attached hydrogen (secondary N) is 1. The lowest BCUT2D eigenvalue weighted by atomic mass is 10.3. The lowest BCUT2D eigenvalue weighted by Gasteiger charge is -2.03. The van der Waals surface area contributed by atoms with Crippen molar-refractivity contribution >= 4 is 40.5 Å². The van der Waals surface area contributed by atoms with E-state index in [0.29, 0.717) is 0 Å². The summed E-state index contributed by atoms with van der Waals surface area (Å²) in [6.07, 6.45) is 2.54. The van der Waals surface area contributed by atoms with Crippen LogP contribution in [0, 0.1) is 0 Å². The predicted octanol–water partition coefficient (Wildman–Crippen LogP) is 2.14. The van der Waals surface area contributed by atoms with Crippen LogP contribution in [0.25, 0.3) is 0 Å². The van der Waals surface area contributed by atoms with Gasteiger partial charge in [-0.05, 0) is 11.4 Å². The van der Waals surface area contributed by atoms with Gasteiger partial charge in [0, 0.05) is 0 Å². The number of anilines is 1. The summed E-state index contributed by atoms with van der Waals surface area (Å²) in [5, 5.41) is 13.0. The maximum absolute atomic E-state index is 11.8. The molecular formula is C10H6ClN3O3S. The number of nitrogens with zero attached hydrogens (tertiary/aromatic N) is 2. The third-order valence-electron chi connectivity index (χ3n) is 1.95. The Morgan fingerprint density at radius 2 is 2.17 bits per heavy atom. The summed E-state index contributed by atoms with van der Waals surface area (Å²) >= 11 is 6.63. The van der Waals surface area contributed by atoms with E-state index in [1.807, 2.05) is 0 Å². The first kappa shape index (κ1) is 12.5. The van der Waals surface area contributed by atoms with Gasteiger partial charge >= 0.3 is 5.97 Å². The Morgan fingerprint density at radius 3 is 2.83 bits per heavy atom. The fourth-order valence-electron chi connectivity index (χ4n) is 1.21. The van der Waals surface area contributed by atoms with Crippen molar-refractivity contribution in [3.63, 3.8) is 0 Å². The van der Waals surface area contributed by atoms with Crippen molar-refractivity contribution < 1.29 is 14.7 Å². The van der Waals surface area contributed by atoms with Gasteiger partial charge in [0.1, 0.15) is 15.7 Å². The Morgan fingerprint density at radius 1 is 1.39 bits per heavy atom. The Balaban J connectivity index is 2.21. The number of aromatic nitrogens is 2. The smallest absolute Gasteiger partial charge is 0.348 e. The van der Waals surface area contributed by atoms with Crippen LogP contribution in [0.4, 0.5) is 5.69 Å². The van der Waals surface area contributed by atoms with E-state index in [0.717, 1.165) is 11.3 Å². The molecule has 18 heavy (non-hydrogen) atoms. The molecule has 2 aromatic rings. The highest BCUT2D eigenvalue weighted by atomic mass is 35.5. The van der Waals surface area contributed by atoms with E-state index < -0.39 is 11.9 Å². The second-order valence-electron chi connectivity index (χ2n) is 3.15. The Kier molecular flexibility index (Phi) is 3.54. The number of carbonyl (C=O) groups excluding carboxylic acids is 1. The van der Waals surface area contributed by atoms with Crippen LogP contribution in [0.2, 0.25) is 5.15 Å². The molecule has 0 fully saturated rings. The van der Waals surface area contributed by atoms with Crippen molar-refractivity contribution in [1.82, 2.24) is 9.97 Å². The minimum absolute atomic E-state index is 0.0186. The van der Waals surface area contributed by atoms with Gasteiger partial charge < -0.3 is 10.4 Å². The zero-order valence-corrected chi connectivity index (χ0v) is 10.3. The fraction of sp³-hybridized carbons (Fsp3) is 0. The fourth-order valence-corrected chi connectivity index (χ4v) is 2.05. The molecule has 2 heterocycles. The molecule has 0 atom stereocenters. The Labute approximate surface area is 110 Å². The van der Waals surface area contributed by atoms with Crippen LogP contribution in [-0.2, 0) is 0 Å². The van der Waals surface area contributed by atoms with Crippen LogP contribution in [-0.4, -0.2) is 27.0 Å². The summed E-state index contributed by atoms with van der Waals surface area (Å²) in [6, 6.07) is 1.50. The number of amides is 1. The second-order valence-corrected chi connectivity index (χ2v) is 4.45. The number of hydrogen-bond acceptors (Lipinski definition) is 5. The third kappa shape index (κ3) is 2.63. The molecular weight excluding hydrogens is 278 g/mol. The summed E-state index contributed by atoms with van der Waals surface area (Å²) < 4.78 is 0. The summed E-state index contributed by atoms with van der Waals surface area (Å²) in [6.45, 7) is 0. The molecule has 0 saturated heterocycles. The molecule has 0 spiro atoms. The minimum atomic E-state index is -1.10. The number of carboxylic acid groups (broad SMARTS) is 1. The third-order valence-corrected chi connectivity index (χ3v) is 3.03. The molecule has 0 unspecified atom stereocenters. The van der Waals surface area contributed by atoms with Crippen LogP contribution in [0.1, 0.15) is 20.2 Å². The molecule has 0 radical (unpaired) electrons. The number of rotatable bonds is 3. The van der Waals surface area contributed by atoms with Gasteiger partial charge in [-0.1, -0.05) is 11.6 Å². The van der Waals surface area contributed by atoms with Crippen molar-refractivity contribution in [2.24, 2.45) is 0 Å². The van der Waals surface area contributed by atoms with E-state index >= 15 is 0 Å². The van der Waals surface area contributed by atoms with Crippen molar-refractivity contribution in [2.75, 3.05) is 5.32 Å². The van der Waals surface area contributed by atoms with Crippen LogP contribution < -0.4 is 5.32 Å². The lowest BCUT2D eigenvalue weighted by Crippen LogP contribution is -2.15. The zero-order chi connectivity index (χ0) is 13.1. The van der Waals surface area contributed by atoms with Crippen LogP contribution >= 0.6 is 22.9 Å².